The smallest absolute Gasteiger partial charge is 0.105 e. The summed E-state index contributed by atoms with van der Waals surface area (Å²) in [6, 6.07) is 20.7. The van der Waals surface area contributed by atoms with Crippen LogP contribution < -0.4 is 0 Å². The van der Waals surface area contributed by atoms with E-state index in [0.29, 0.717) is 33.0 Å². The fourth-order valence-electron chi connectivity index (χ4n) is 6.25. The van der Waals surface area contributed by atoms with Crippen LogP contribution in [0.4, 0.5) is 0 Å². The molecule has 0 atom stereocenters. The van der Waals surface area contributed by atoms with Crippen molar-refractivity contribution >= 4 is 0 Å². The van der Waals surface area contributed by atoms with Gasteiger partial charge in [0.25, 0.3) is 0 Å². The molecular formula is C34H48O3. The van der Waals surface area contributed by atoms with Crippen LogP contribution in [0.2, 0.25) is 0 Å². The van der Waals surface area contributed by atoms with Crippen LogP contribution in [0.1, 0.15) is 82.3 Å². The van der Waals surface area contributed by atoms with Crippen molar-refractivity contribution in [1.82, 2.24) is 0 Å². The maximum absolute atomic E-state index is 6.27. The first kappa shape index (κ1) is 28.1. The zero-order chi connectivity index (χ0) is 25.5. The molecule has 0 spiro atoms. The summed E-state index contributed by atoms with van der Waals surface area (Å²) in [4.78, 5) is 0. The van der Waals surface area contributed by atoms with Gasteiger partial charge in [-0.15, -0.1) is 0 Å². The van der Waals surface area contributed by atoms with Gasteiger partial charge in [-0.05, 0) is 67.4 Å². The van der Waals surface area contributed by atoms with Gasteiger partial charge in [0, 0.05) is 0 Å². The highest BCUT2D eigenvalue weighted by Crippen LogP contribution is 2.42. The summed E-state index contributed by atoms with van der Waals surface area (Å²) >= 11 is 0. The molecule has 0 saturated heterocycles. The Bertz CT molecular complexity index is 830. The number of hydrogen-bond acceptors (Lipinski definition) is 3. The molecule has 0 bridgehead atoms. The predicted molar refractivity (Wildman–Crippen MR) is 152 cm³/mol. The Morgan fingerprint density at radius 3 is 1.81 bits per heavy atom. The van der Waals surface area contributed by atoms with Crippen molar-refractivity contribution in [2.24, 2.45) is 17.8 Å². The molecule has 2 aromatic carbocycles. The molecular weight excluding hydrogens is 456 g/mol. The number of benzene rings is 2. The van der Waals surface area contributed by atoms with E-state index in [9.17, 15) is 0 Å². The van der Waals surface area contributed by atoms with Crippen molar-refractivity contribution < 1.29 is 14.2 Å². The largest absolute Gasteiger partial charge is 0.374 e. The van der Waals surface area contributed by atoms with E-state index in [1.165, 1.54) is 75.3 Å². The third-order valence-electron chi connectivity index (χ3n) is 8.46. The van der Waals surface area contributed by atoms with E-state index in [1.54, 1.807) is 5.57 Å². The Morgan fingerprint density at radius 1 is 0.730 bits per heavy atom. The van der Waals surface area contributed by atoms with E-state index in [4.69, 9.17) is 14.2 Å². The molecule has 0 unspecified atom stereocenters. The van der Waals surface area contributed by atoms with E-state index in [-0.39, 0.29) is 6.10 Å². The highest BCUT2D eigenvalue weighted by molar-refractivity contribution is 5.14. The molecule has 0 N–H and O–H groups in total. The van der Waals surface area contributed by atoms with Gasteiger partial charge in [0.2, 0.25) is 0 Å². The van der Waals surface area contributed by atoms with Crippen LogP contribution >= 0.6 is 0 Å². The lowest BCUT2D eigenvalue weighted by Gasteiger charge is -2.36. The standard InChI is InChI=1S/C34H48O3/c1-2-9-28-14-18-32(19-15-28)33-20-16-29(17-21-33)22-23-37-34(26-35-24-30-10-5-3-6-11-30)27-36-25-31-12-7-4-8-13-31/h3-8,10-13,22,28,32-34H,2,9,14-21,23-27H2,1H3. The maximum atomic E-state index is 6.27. The zero-order valence-electron chi connectivity index (χ0n) is 23.0. The van der Waals surface area contributed by atoms with Crippen molar-refractivity contribution in [1.29, 1.82) is 0 Å². The van der Waals surface area contributed by atoms with Gasteiger partial charge in [-0.1, -0.05) is 105 Å². The minimum Gasteiger partial charge on any atom is -0.374 e. The molecule has 0 aromatic heterocycles. The highest BCUT2D eigenvalue weighted by Gasteiger charge is 2.29. The van der Waals surface area contributed by atoms with Gasteiger partial charge in [-0.3, -0.25) is 0 Å². The predicted octanol–water partition coefficient (Wildman–Crippen LogP) is 8.53. The molecule has 37 heavy (non-hydrogen) atoms. The van der Waals surface area contributed by atoms with E-state index >= 15 is 0 Å². The molecule has 2 aromatic rings. The Balaban J connectivity index is 1.18. The summed E-state index contributed by atoms with van der Waals surface area (Å²) in [5, 5.41) is 0. The second-order valence-electron chi connectivity index (χ2n) is 11.2. The molecule has 2 saturated carbocycles. The maximum Gasteiger partial charge on any atom is 0.105 e. The fourth-order valence-corrected chi connectivity index (χ4v) is 6.25. The molecule has 3 heteroatoms. The van der Waals surface area contributed by atoms with E-state index < -0.39 is 0 Å². The molecule has 0 heterocycles. The lowest BCUT2D eigenvalue weighted by atomic mass is 9.69. The van der Waals surface area contributed by atoms with Gasteiger partial charge in [-0.2, -0.15) is 0 Å². The summed E-state index contributed by atoms with van der Waals surface area (Å²) < 4.78 is 18.3. The average molecular weight is 505 g/mol. The van der Waals surface area contributed by atoms with Crippen LogP contribution in [0.5, 0.6) is 0 Å². The Kier molecular flexibility index (Phi) is 12.2. The summed E-state index contributed by atoms with van der Waals surface area (Å²) in [6.45, 7) is 5.26. The summed E-state index contributed by atoms with van der Waals surface area (Å²) in [5.41, 5.74) is 3.96. The van der Waals surface area contributed by atoms with Crippen molar-refractivity contribution in [3.63, 3.8) is 0 Å². The number of hydrogen-bond donors (Lipinski definition) is 0. The van der Waals surface area contributed by atoms with Gasteiger partial charge >= 0.3 is 0 Å². The van der Waals surface area contributed by atoms with E-state index in [0.717, 1.165) is 17.8 Å². The SMILES string of the molecule is CCCC1CCC(C2CCC(=CCOC(COCc3ccccc3)COCc3ccccc3)CC2)CC1. The van der Waals surface area contributed by atoms with Crippen molar-refractivity contribution in [2.45, 2.75) is 90.4 Å². The fraction of sp³-hybridized carbons (Fsp3) is 0.588. The first-order valence-electron chi connectivity index (χ1n) is 14.8. The van der Waals surface area contributed by atoms with Crippen LogP contribution in [0, 0.1) is 17.8 Å². The van der Waals surface area contributed by atoms with Crippen molar-refractivity contribution in [3.8, 4) is 0 Å². The van der Waals surface area contributed by atoms with Crippen LogP contribution in [-0.2, 0) is 27.4 Å². The average Bonchev–Trinajstić information content (AvgIpc) is 2.95. The van der Waals surface area contributed by atoms with Crippen molar-refractivity contribution in [3.05, 3.63) is 83.4 Å². The van der Waals surface area contributed by atoms with Gasteiger partial charge < -0.3 is 14.2 Å². The molecule has 2 fully saturated rings. The first-order valence-corrected chi connectivity index (χ1v) is 14.8. The van der Waals surface area contributed by atoms with Crippen LogP contribution in [-0.4, -0.2) is 25.9 Å². The third kappa shape index (κ3) is 10.0. The topological polar surface area (TPSA) is 27.7 Å². The number of ether oxygens (including phenoxy) is 3. The lowest BCUT2D eigenvalue weighted by Crippen LogP contribution is -2.26. The summed E-state index contributed by atoms with van der Waals surface area (Å²) in [5.74, 6) is 2.95. The van der Waals surface area contributed by atoms with Crippen LogP contribution in [0.25, 0.3) is 0 Å². The van der Waals surface area contributed by atoms with E-state index in [2.05, 4.69) is 37.3 Å². The molecule has 2 aliphatic rings. The molecule has 4 rings (SSSR count). The lowest BCUT2D eigenvalue weighted by molar-refractivity contribution is -0.0589. The van der Waals surface area contributed by atoms with Gasteiger partial charge in [0.05, 0.1) is 33.0 Å². The van der Waals surface area contributed by atoms with Crippen LogP contribution in [0.3, 0.4) is 0 Å². The van der Waals surface area contributed by atoms with Gasteiger partial charge in [0.1, 0.15) is 6.10 Å². The quantitative estimate of drug-likeness (QED) is 0.241. The molecule has 2 aliphatic carbocycles. The second kappa shape index (κ2) is 16.1. The molecule has 202 valence electrons. The summed E-state index contributed by atoms with van der Waals surface area (Å²) in [6.07, 6.45) is 16.2. The zero-order valence-corrected chi connectivity index (χ0v) is 23.0. The Morgan fingerprint density at radius 2 is 1.27 bits per heavy atom. The summed E-state index contributed by atoms with van der Waals surface area (Å²) in [7, 11) is 0. The third-order valence-corrected chi connectivity index (χ3v) is 8.46. The number of rotatable bonds is 14. The monoisotopic (exact) mass is 504 g/mol. The molecule has 3 nitrogen and oxygen atoms in total. The normalized spacial score (nSPS) is 22.3. The molecule has 0 amide bonds. The van der Waals surface area contributed by atoms with Gasteiger partial charge in [0.15, 0.2) is 0 Å². The Hall–Kier alpha value is -1.94. The first-order chi connectivity index (χ1) is 18.3. The van der Waals surface area contributed by atoms with Crippen LogP contribution in [0.15, 0.2) is 72.3 Å². The second-order valence-corrected chi connectivity index (χ2v) is 11.2. The van der Waals surface area contributed by atoms with Crippen molar-refractivity contribution in [2.75, 3.05) is 19.8 Å². The number of allylic oxidation sites excluding steroid dienone is 1. The van der Waals surface area contributed by atoms with Gasteiger partial charge in [-0.25, -0.2) is 0 Å². The minimum atomic E-state index is -0.0704. The minimum absolute atomic E-state index is 0.0704. The molecule has 0 radical (unpaired) electrons. The molecule has 0 aliphatic heterocycles. The highest BCUT2D eigenvalue weighted by atomic mass is 16.6. The Labute approximate surface area is 225 Å². The van der Waals surface area contributed by atoms with E-state index in [1.807, 2.05) is 36.4 Å².